The van der Waals surface area contributed by atoms with Gasteiger partial charge in [-0.05, 0) is 42.5 Å². The lowest BCUT2D eigenvalue weighted by Gasteiger charge is -2.12. The first-order chi connectivity index (χ1) is 15.4. The molecular formula is C22H19FN4O3S2. The normalized spacial score (nSPS) is 11.1. The predicted molar refractivity (Wildman–Crippen MR) is 126 cm³/mol. The number of rotatable bonds is 6. The lowest BCUT2D eigenvalue weighted by atomic mass is 10.2. The minimum absolute atomic E-state index is 0.0155. The molecule has 2 aromatic heterocycles. The number of thiazole rings is 1. The van der Waals surface area contributed by atoms with Gasteiger partial charge in [-0.3, -0.25) is 14.2 Å². The van der Waals surface area contributed by atoms with Gasteiger partial charge >= 0.3 is 5.69 Å². The first-order valence-electron chi connectivity index (χ1n) is 9.79. The van der Waals surface area contributed by atoms with E-state index in [9.17, 15) is 18.8 Å². The van der Waals surface area contributed by atoms with E-state index in [-0.39, 0.29) is 16.0 Å². The van der Waals surface area contributed by atoms with Crippen LogP contribution in [0.5, 0.6) is 0 Å². The van der Waals surface area contributed by atoms with E-state index in [1.165, 1.54) is 35.2 Å². The van der Waals surface area contributed by atoms with Crippen molar-refractivity contribution in [1.82, 2.24) is 14.1 Å². The Kier molecular flexibility index (Phi) is 6.24. The fourth-order valence-corrected chi connectivity index (χ4v) is 5.17. The maximum Gasteiger partial charge on any atom is 0.337 e. The number of para-hydroxylation sites is 1. The number of fused-ring (bicyclic) bond motifs is 1. The van der Waals surface area contributed by atoms with Gasteiger partial charge in [-0.25, -0.2) is 18.7 Å². The summed E-state index contributed by atoms with van der Waals surface area (Å²) in [6.45, 7) is 3.28. The first kappa shape index (κ1) is 22.0. The summed E-state index contributed by atoms with van der Waals surface area (Å²) >= 11 is 2.63. The van der Waals surface area contributed by atoms with Crippen molar-refractivity contribution < 1.29 is 9.18 Å². The number of hydrogen-bond acceptors (Lipinski definition) is 6. The zero-order chi connectivity index (χ0) is 22.8. The molecule has 7 nitrogen and oxygen atoms in total. The Morgan fingerprint density at radius 3 is 2.62 bits per heavy atom. The van der Waals surface area contributed by atoms with E-state index < -0.39 is 29.5 Å². The standard InChI is InChI=1S/C22H19FN4O3S2/c1-3-31-21-25-19-18(32-21)20(29)27(14-7-5-4-6-8-14)22(30)26(19)12-17(28)24-16-10-9-13(2)11-15(16)23/h4-11H,3,12H2,1-2H3,(H,24,28). The van der Waals surface area contributed by atoms with E-state index >= 15 is 0 Å². The lowest BCUT2D eigenvalue weighted by molar-refractivity contribution is -0.116. The van der Waals surface area contributed by atoms with E-state index in [1.807, 2.05) is 6.92 Å². The number of aryl methyl sites for hydroxylation is 1. The second-order valence-electron chi connectivity index (χ2n) is 6.94. The van der Waals surface area contributed by atoms with Crippen LogP contribution in [-0.4, -0.2) is 25.8 Å². The molecule has 0 saturated carbocycles. The second-order valence-corrected chi connectivity index (χ2v) is 9.45. The topological polar surface area (TPSA) is 86.0 Å². The van der Waals surface area contributed by atoms with Crippen LogP contribution in [0.1, 0.15) is 12.5 Å². The summed E-state index contributed by atoms with van der Waals surface area (Å²) in [6, 6.07) is 12.9. The number of amides is 1. The minimum atomic E-state index is -0.688. The van der Waals surface area contributed by atoms with Gasteiger partial charge in [-0.1, -0.05) is 43.0 Å². The highest BCUT2D eigenvalue weighted by atomic mass is 32.2. The van der Waals surface area contributed by atoms with Crippen molar-refractivity contribution in [2.45, 2.75) is 24.7 Å². The van der Waals surface area contributed by atoms with Crippen LogP contribution in [0.3, 0.4) is 0 Å². The molecule has 4 aromatic rings. The number of hydrogen-bond donors (Lipinski definition) is 1. The number of benzene rings is 2. The molecule has 10 heteroatoms. The molecule has 4 rings (SSSR count). The Balaban J connectivity index is 1.82. The third-order valence-electron chi connectivity index (χ3n) is 4.65. The summed E-state index contributed by atoms with van der Waals surface area (Å²) in [4.78, 5) is 43.6. The Bertz CT molecular complexity index is 1430. The fraction of sp³-hybridized carbons (Fsp3) is 0.182. The molecule has 1 amide bonds. The van der Waals surface area contributed by atoms with E-state index in [0.717, 1.165) is 20.5 Å². The monoisotopic (exact) mass is 470 g/mol. The molecular weight excluding hydrogens is 451 g/mol. The maximum absolute atomic E-state index is 14.2. The van der Waals surface area contributed by atoms with Crippen molar-refractivity contribution in [3.8, 4) is 5.69 Å². The second kappa shape index (κ2) is 9.09. The van der Waals surface area contributed by atoms with E-state index in [0.29, 0.717) is 10.0 Å². The molecule has 0 fully saturated rings. The highest BCUT2D eigenvalue weighted by molar-refractivity contribution is 8.01. The average Bonchev–Trinajstić information content (AvgIpc) is 3.18. The summed E-state index contributed by atoms with van der Waals surface area (Å²) in [5.41, 5.74) is 0.0944. The molecule has 32 heavy (non-hydrogen) atoms. The number of nitrogens with zero attached hydrogens (tertiary/aromatic N) is 3. The van der Waals surface area contributed by atoms with Crippen molar-refractivity contribution in [2.24, 2.45) is 0 Å². The molecule has 0 saturated heterocycles. The van der Waals surface area contributed by atoms with Gasteiger partial charge < -0.3 is 5.32 Å². The number of aromatic nitrogens is 3. The van der Waals surface area contributed by atoms with Crippen molar-refractivity contribution in [3.05, 3.63) is 80.7 Å². The van der Waals surface area contributed by atoms with Crippen molar-refractivity contribution in [2.75, 3.05) is 11.1 Å². The highest BCUT2D eigenvalue weighted by Crippen LogP contribution is 2.27. The quantitative estimate of drug-likeness (QED) is 0.433. The number of nitrogens with one attached hydrogen (secondary N) is 1. The molecule has 0 unspecified atom stereocenters. The average molecular weight is 471 g/mol. The summed E-state index contributed by atoms with van der Waals surface area (Å²) in [6.07, 6.45) is 0. The molecule has 2 aromatic carbocycles. The summed E-state index contributed by atoms with van der Waals surface area (Å²) < 4.78 is 17.3. The Morgan fingerprint density at radius 1 is 1.19 bits per heavy atom. The maximum atomic E-state index is 14.2. The van der Waals surface area contributed by atoms with Crippen LogP contribution in [0.2, 0.25) is 0 Å². The smallest absolute Gasteiger partial charge is 0.322 e. The molecule has 0 aliphatic carbocycles. The lowest BCUT2D eigenvalue weighted by Crippen LogP contribution is -2.40. The van der Waals surface area contributed by atoms with Gasteiger partial charge in [0.25, 0.3) is 5.56 Å². The summed E-state index contributed by atoms with van der Waals surface area (Å²) in [5, 5.41) is 2.49. The van der Waals surface area contributed by atoms with Gasteiger partial charge in [-0.15, -0.1) is 11.3 Å². The highest BCUT2D eigenvalue weighted by Gasteiger charge is 2.21. The first-order valence-corrected chi connectivity index (χ1v) is 11.6. The number of anilines is 1. The molecule has 0 bridgehead atoms. The predicted octanol–water partition coefficient (Wildman–Crippen LogP) is 3.81. The Labute approximate surface area is 190 Å². The van der Waals surface area contributed by atoms with Crippen LogP contribution in [-0.2, 0) is 11.3 Å². The minimum Gasteiger partial charge on any atom is -0.322 e. The molecule has 164 valence electrons. The van der Waals surface area contributed by atoms with E-state index in [2.05, 4.69) is 10.3 Å². The van der Waals surface area contributed by atoms with Crippen molar-refractivity contribution in [3.63, 3.8) is 0 Å². The summed E-state index contributed by atoms with van der Waals surface area (Å²) in [7, 11) is 0. The molecule has 0 atom stereocenters. The number of carbonyl (C=O) groups excluding carboxylic acids is 1. The van der Waals surface area contributed by atoms with Crippen LogP contribution in [0.15, 0.2) is 62.5 Å². The van der Waals surface area contributed by atoms with Gasteiger partial charge in [0.05, 0.1) is 11.4 Å². The van der Waals surface area contributed by atoms with Crippen LogP contribution in [0.25, 0.3) is 16.0 Å². The van der Waals surface area contributed by atoms with Crippen LogP contribution in [0, 0.1) is 12.7 Å². The molecule has 0 radical (unpaired) electrons. The molecule has 1 N–H and O–H groups in total. The zero-order valence-electron chi connectivity index (χ0n) is 17.3. The van der Waals surface area contributed by atoms with Gasteiger partial charge in [0.1, 0.15) is 17.1 Å². The fourth-order valence-electron chi connectivity index (χ4n) is 3.20. The third kappa shape index (κ3) is 4.23. The van der Waals surface area contributed by atoms with Crippen LogP contribution >= 0.6 is 23.1 Å². The van der Waals surface area contributed by atoms with Gasteiger partial charge in [-0.2, -0.15) is 0 Å². The number of carbonyl (C=O) groups is 1. The van der Waals surface area contributed by atoms with Crippen molar-refractivity contribution in [1.29, 1.82) is 0 Å². The number of halogens is 1. The van der Waals surface area contributed by atoms with Crippen LogP contribution < -0.4 is 16.6 Å². The molecule has 0 aliphatic heterocycles. The summed E-state index contributed by atoms with van der Waals surface area (Å²) in [5.74, 6) is -0.433. The third-order valence-corrected chi connectivity index (χ3v) is 6.71. The van der Waals surface area contributed by atoms with Crippen LogP contribution in [0.4, 0.5) is 10.1 Å². The van der Waals surface area contributed by atoms with E-state index in [4.69, 9.17) is 0 Å². The van der Waals surface area contributed by atoms with Gasteiger partial charge in [0.2, 0.25) is 5.91 Å². The zero-order valence-corrected chi connectivity index (χ0v) is 18.9. The Hall–Kier alpha value is -3.24. The SMILES string of the molecule is CCSc1nc2c(s1)c(=O)n(-c1ccccc1)c(=O)n2CC(=O)Nc1ccc(C)cc1F. The molecule has 0 aliphatic rings. The number of thioether (sulfide) groups is 1. The van der Waals surface area contributed by atoms with Crippen molar-refractivity contribution >= 4 is 45.0 Å². The molecule has 0 spiro atoms. The van der Waals surface area contributed by atoms with Gasteiger partial charge in [0.15, 0.2) is 9.99 Å². The Morgan fingerprint density at radius 2 is 1.94 bits per heavy atom. The molecule has 2 heterocycles. The van der Waals surface area contributed by atoms with E-state index in [1.54, 1.807) is 43.3 Å². The van der Waals surface area contributed by atoms with Gasteiger partial charge in [0, 0.05) is 0 Å². The largest absolute Gasteiger partial charge is 0.337 e.